The molecule has 5 heteroatoms. The molecule has 2 fully saturated rings. The molecule has 0 atom stereocenters. The van der Waals surface area contributed by atoms with Crippen LogP contribution in [-0.4, -0.2) is 17.7 Å². The average molecular weight is 308 g/mol. The van der Waals surface area contributed by atoms with E-state index in [2.05, 4.69) is 0 Å². The molecule has 0 radical (unpaired) electrons. The second kappa shape index (κ2) is 6.04. The SMILES string of the molecule is Cc1ccc(C(=O)P(=O)(OC2CCC2)OC2CCC2)cc1. The first-order valence-electron chi connectivity index (χ1n) is 7.65. The third kappa shape index (κ3) is 3.28. The predicted molar refractivity (Wildman–Crippen MR) is 80.6 cm³/mol. The van der Waals surface area contributed by atoms with Crippen LogP contribution in [0.1, 0.15) is 54.4 Å². The summed E-state index contributed by atoms with van der Waals surface area (Å²) in [4.78, 5) is 12.6. The van der Waals surface area contributed by atoms with Gasteiger partial charge in [0.05, 0.1) is 12.2 Å². The first kappa shape index (κ1) is 15.0. The molecule has 0 bridgehead atoms. The third-order valence-electron chi connectivity index (χ3n) is 4.23. The van der Waals surface area contributed by atoms with Gasteiger partial charge in [0.1, 0.15) is 0 Å². The molecule has 3 rings (SSSR count). The molecule has 1 aromatic rings. The molecule has 0 aliphatic heterocycles. The lowest BCUT2D eigenvalue weighted by Gasteiger charge is -2.33. The molecule has 114 valence electrons. The van der Waals surface area contributed by atoms with E-state index in [1.807, 2.05) is 19.1 Å². The van der Waals surface area contributed by atoms with Crippen LogP contribution < -0.4 is 0 Å². The molecule has 4 nitrogen and oxygen atoms in total. The molecular formula is C16H21O4P. The highest BCUT2D eigenvalue weighted by Gasteiger charge is 2.42. The van der Waals surface area contributed by atoms with Crippen molar-refractivity contribution in [1.29, 1.82) is 0 Å². The van der Waals surface area contributed by atoms with E-state index >= 15 is 0 Å². The minimum Gasteiger partial charge on any atom is -0.300 e. The summed E-state index contributed by atoms with van der Waals surface area (Å²) in [5, 5.41) is 0. The van der Waals surface area contributed by atoms with Crippen LogP contribution in [-0.2, 0) is 13.6 Å². The quantitative estimate of drug-likeness (QED) is 0.728. The third-order valence-corrected chi connectivity index (χ3v) is 6.13. The van der Waals surface area contributed by atoms with Crippen molar-refractivity contribution in [2.24, 2.45) is 0 Å². The van der Waals surface area contributed by atoms with Crippen molar-refractivity contribution in [2.75, 3.05) is 0 Å². The second-order valence-electron chi connectivity index (χ2n) is 5.99. The van der Waals surface area contributed by atoms with Gasteiger partial charge < -0.3 is 0 Å². The molecule has 0 saturated heterocycles. The van der Waals surface area contributed by atoms with E-state index in [1.54, 1.807) is 12.1 Å². The molecule has 0 N–H and O–H groups in total. The number of aryl methyl sites for hydroxylation is 1. The summed E-state index contributed by atoms with van der Waals surface area (Å²) in [6, 6.07) is 7.06. The normalized spacial score (nSPS) is 19.9. The summed E-state index contributed by atoms with van der Waals surface area (Å²) in [6.07, 6.45) is 5.38. The van der Waals surface area contributed by atoms with Gasteiger partial charge in [0, 0.05) is 5.56 Å². The van der Waals surface area contributed by atoms with Gasteiger partial charge in [0.15, 0.2) is 0 Å². The highest BCUT2D eigenvalue weighted by Crippen LogP contribution is 2.56. The van der Waals surface area contributed by atoms with Gasteiger partial charge in [-0.1, -0.05) is 29.8 Å². The Morgan fingerprint density at radius 1 is 1.00 bits per heavy atom. The first-order valence-corrected chi connectivity index (χ1v) is 9.19. The predicted octanol–water partition coefficient (Wildman–Crippen LogP) is 4.47. The summed E-state index contributed by atoms with van der Waals surface area (Å²) >= 11 is 0. The van der Waals surface area contributed by atoms with Crippen LogP contribution >= 0.6 is 7.60 Å². The fourth-order valence-corrected chi connectivity index (χ4v) is 4.23. The summed E-state index contributed by atoms with van der Waals surface area (Å²) < 4.78 is 24.2. The second-order valence-corrected chi connectivity index (χ2v) is 7.81. The van der Waals surface area contributed by atoms with E-state index in [1.165, 1.54) is 0 Å². The maximum atomic E-state index is 13.0. The fourth-order valence-electron chi connectivity index (χ4n) is 2.32. The number of hydrogen-bond acceptors (Lipinski definition) is 4. The molecule has 0 aromatic heterocycles. The van der Waals surface area contributed by atoms with Crippen molar-refractivity contribution in [1.82, 2.24) is 0 Å². The van der Waals surface area contributed by atoms with Crippen LogP contribution in [0.5, 0.6) is 0 Å². The van der Waals surface area contributed by atoms with Crippen LogP contribution in [0.15, 0.2) is 24.3 Å². The Labute approximate surface area is 125 Å². The molecular weight excluding hydrogens is 287 g/mol. The number of rotatable bonds is 6. The van der Waals surface area contributed by atoms with E-state index in [-0.39, 0.29) is 12.2 Å². The fraction of sp³-hybridized carbons (Fsp3) is 0.562. The zero-order valence-corrected chi connectivity index (χ0v) is 13.2. The molecule has 1 aromatic carbocycles. The number of carbonyl (C=O) groups is 1. The Balaban J connectivity index is 1.80. The Kier molecular flexibility index (Phi) is 4.30. The highest BCUT2D eigenvalue weighted by atomic mass is 31.2. The Morgan fingerprint density at radius 3 is 1.86 bits per heavy atom. The highest BCUT2D eigenvalue weighted by molar-refractivity contribution is 7.72. The van der Waals surface area contributed by atoms with Gasteiger partial charge in [-0.3, -0.25) is 18.4 Å². The molecule has 0 amide bonds. The van der Waals surface area contributed by atoms with Crippen molar-refractivity contribution < 1.29 is 18.4 Å². The maximum Gasteiger partial charge on any atom is 0.402 e. The van der Waals surface area contributed by atoms with E-state index in [0.717, 1.165) is 44.1 Å². The molecule has 0 unspecified atom stereocenters. The van der Waals surface area contributed by atoms with Gasteiger partial charge in [0.25, 0.3) is 5.52 Å². The van der Waals surface area contributed by atoms with Crippen LogP contribution in [0.4, 0.5) is 0 Å². The largest absolute Gasteiger partial charge is 0.402 e. The summed E-state index contributed by atoms with van der Waals surface area (Å²) in [5.41, 5.74) is 0.963. The zero-order valence-electron chi connectivity index (χ0n) is 12.3. The van der Waals surface area contributed by atoms with Gasteiger partial charge in [-0.25, -0.2) is 0 Å². The van der Waals surface area contributed by atoms with Gasteiger partial charge in [-0.05, 0) is 45.4 Å². The van der Waals surface area contributed by atoms with E-state index in [9.17, 15) is 9.36 Å². The van der Waals surface area contributed by atoms with Gasteiger partial charge in [0.2, 0.25) is 0 Å². The van der Waals surface area contributed by atoms with E-state index in [4.69, 9.17) is 9.05 Å². The van der Waals surface area contributed by atoms with Crippen LogP contribution in [0, 0.1) is 6.92 Å². The molecule has 21 heavy (non-hydrogen) atoms. The van der Waals surface area contributed by atoms with Crippen molar-refractivity contribution >= 4 is 13.1 Å². The standard InChI is InChI=1S/C16H21O4P/c1-12-8-10-13(11-9-12)16(17)21(18,19-14-4-2-5-14)20-15-6-3-7-15/h8-11,14-15H,2-7H2,1H3. The minimum absolute atomic E-state index is 0.0923. The Bertz CT molecular complexity index is 538. The van der Waals surface area contributed by atoms with Crippen molar-refractivity contribution in [3.63, 3.8) is 0 Å². The lowest BCUT2D eigenvalue weighted by molar-refractivity contribution is 0.0453. The molecule has 2 saturated carbocycles. The summed E-state index contributed by atoms with van der Waals surface area (Å²) in [6.45, 7) is 1.95. The number of carbonyl (C=O) groups excluding carboxylic acids is 1. The monoisotopic (exact) mass is 308 g/mol. The van der Waals surface area contributed by atoms with Crippen LogP contribution in [0.25, 0.3) is 0 Å². The topological polar surface area (TPSA) is 52.6 Å². The molecule has 2 aliphatic rings. The lowest BCUT2D eigenvalue weighted by Crippen LogP contribution is -2.27. The van der Waals surface area contributed by atoms with Crippen molar-refractivity contribution in [2.45, 2.75) is 57.7 Å². The van der Waals surface area contributed by atoms with Gasteiger partial charge >= 0.3 is 7.60 Å². The van der Waals surface area contributed by atoms with Gasteiger partial charge in [-0.2, -0.15) is 0 Å². The van der Waals surface area contributed by atoms with E-state index in [0.29, 0.717) is 5.56 Å². The lowest BCUT2D eigenvalue weighted by atomic mass is 9.97. The summed E-state index contributed by atoms with van der Waals surface area (Å²) in [7, 11) is -3.73. The summed E-state index contributed by atoms with van der Waals surface area (Å²) in [5.74, 6) is 0. The van der Waals surface area contributed by atoms with E-state index < -0.39 is 13.1 Å². The zero-order chi connectivity index (χ0) is 14.9. The number of benzene rings is 1. The Morgan fingerprint density at radius 2 is 1.48 bits per heavy atom. The minimum atomic E-state index is -3.73. The van der Waals surface area contributed by atoms with Crippen molar-refractivity contribution in [3.8, 4) is 0 Å². The number of hydrogen-bond donors (Lipinski definition) is 0. The molecule has 0 heterocycles. The van der Waals surface area contributed by atoms with Gasteiger partial charge in [-0.15, -0.1) is 0 Å². The van der Waals surface area contributed by atoms with Crippen molar-refractivity contribution in [3.05, 3.63) is 35.4 Å². The maximum absolute atomic E-state index is 13.0. The molecule has 2 aliphatic carbocycles. The van der Waals surface area contributed by atoms with Crippen LogP contribution in [0.2, 0.25) is 0 Å². The first-order chi connectivity index (χ1) is 10.1. The average Bonchev–Trinajstić information content (AvgIpc) is 2.39. The molecule has 0 spiro atoms. The Hall–Kier alpha value is -0.960. The van der Waals surface area contributed by atoms with Crippen LogP contribution in [0.3, 0.4) is 0 Å². The smallest absolute Gasteiger partial charge is 0.300 e.